The van der Waals surface area contributed by atoms with E-state index in [9.17, 15) is 0 Å². The van der Waals surface area contributed by atoms with Gasteiger partial charge < -0.3 is 4.98 Å². The lowest BCUT2D eigenvalue weighted by atomic mass is 10.2. The van der Waals surface area contributed by atoms with Crippen LogP contribution in [-0.4, -0.2) is 19.9 Å². The maximum atomic E-state index is 4.69. The van der Waals surface area contributed by atoms with Gasteiger partial charge in [0.2, 0.25) is 0 Å². The number of hydrogen-bond donors (Lipinski definition) is 1. The molecule has 3 heterocycles. The minimum atomic E-state index is 0.810. The summed E-state index contributed by atoms with van der Waals surface area (Å²) in [5.74, 6) is 0.810. The van der Waals surface area contributed by atoms with Gasteiger partial charge in [-0.3, -0.25) is 9.97 Å². The molecule has 1 N–H and O–H groups in total. The van der Waals surface area contributed by atoms with Gasteiger partial charge in [0, 0.05) is 27.8 Å². The Morgan fingerprint density at radius 3 is 2.90 bits per heavy atom. The zero-order valence-corrected chi connectivity index (χ0v) is 11.9. The van der Waals surface area contributed by atoms with Crippen molar-refractivity contribution in [2.75, 3.05) is 0 Å². The normalized spacial score (nSPS) is 11.2. The summed E-state index contributed by atoms with van der Waals surface area (Å²) in [7, 11) is 0. The molecule has 0 aliphatic carbocycles. The number of aromatic amines is 1. The average Bonchev–Trinajstić information content (AvgIpc) is 2.92. The van der Waals surface area contributed by atoms with Gasteiger partial charge in [0.25, 0.3) is 0 Å². The number of H-pyrrole nitrogens is 1. The molecule has 1 aromatic carbocycles. The first-order valence-electron chi connectivity index (χ1n) is 6.16. The lowest BCUT2D eigenvalue weighted by Gasteiger charge is -1.97. The fraction of sp³-hybridized carbons (Fsp3) is 0. The molecule has 0 aliphatic heterocycles. The zero-order valence-electron chi connectivity index (χ0n) is 10.3. The second-order valence-electron chi connectivity index (χ2n) is 4.51. The van der Waals surface area contributed by atoms with Crippen LogP contribution in [-0.2, 0) is 0 Å². The second-order valence-corrected chi connectivity index (χ2v) is 5.42. The highest BCUT2D eigenvalue weighted by atomic mass is 79.9. The van der Waals surface area contributed by atoms with Crippen LogP contribution in [0.3, 0.4) is 0 Å². The third kappa shape index (κ3) is 1.78. The molecule has 4 rings (SSSR count). The fourth-order valence-corrected chi connectivity index (χ4v) is 2.62. The zero-order chi connectivity index (χ0) is 13.5. The lowest BCUT2D eigenvalue weighted by Crippen LogP contribution is -1.81. The minimum Gasteiger partial charge on any atom is -0.337 e. The van der Waals surface area contributed by atoms with Crippen molar-refractivity contribution < 1.29 is 0 Å². The average molecular weight is 325 g/mol. The molecule has 0 fully saturated rings. The molecule has 96 valence electrons. The molecular weight excluding hydrogens is 316 g/mol. The summed E-state index contributed by atoms with van der Waals surface area (Å²) in [6.45, 7) is 0. The monoisotopic (exact) mass is 324 g/mol. The molecule has 0 unspecified atom stereocenters. The van der Waals surface area contributed by atoms with E-state index in [0.717, 1.165) is 37.8 Å². The number of nitrogens with one attached hydrogen (secondary N) is 1. The Morgan fingerprint density at radius 1 is 1.10 bits per heavy atom. The van der Waals surface area contributed by atoms with E-state index in [0.29, 0.717) is 0 Å². The Morgan fingerprint density at radius 2 is 2.05 bits per heavy atom. The molecule has 0 aliphatic rings. The third-order valence-electron chi connectivity index (χ3n) is 3.21. The molecule has 0 amide bonds. The summed E-state index contributed by atoms with van der Waals surface area (Å²) >= 11 is 3.46. The van der Waals surface area contributed by atoms with Crippen LogP contribution in [0.2, 0.25) is 0 Å². The van der Waals surface area contributed by atoms with Gasteiger partial charge in [-0.2, -0.15) is 0 Å². The summed E-state index contributed by atoms with van der Waals surface area (Å²) < 4.78 is 1.01. The number of halogens is 1. The summed E-state index contributed by atoms with van der Waals surface area (Å²) in [6.07, 6.45) is 5.36. The van der Waals surface area contributed by atoms with Crippen LogP contribution in [0, 0.1) is 0 Å². The van der Waals surface area contributed by atoms with Crippen molar-refractivity contribution in [1.29, 1.82) is 0 Å². The van der Waals surface area contributed by atoms with Crippen LogP contribution < -0.4 is 0 Å². The number of fused-ring (bicyclic) bond motifs is 3. The van der Waals surface area contributed by atoms with E-state index in [1.165, 1.54) is 0 Å². The first kappa shape index (κ1) is 11.5. The maximum absolute atomic E-state index is 4.69. The molecule has 4 nitrogen and oxygen atoms in total. The van der Waals surface area contributed by atoms with E-state index in [2.05, 4.69) is 35.9 Å². The Hall–Kier alpha value is -2.27. The molecule has 0 spiro atoms. The van der Waals surface area contributed by atoms with Crippen molar-refractivity contribution in [1.82, 2.24) is 19.9 Å². The quantitative estimate of drug-likeness (QED) is 0.577. The highest BCUT2D eigenvalue weighted by molar-refractivity contribution is 9.10. The number of pyridine rings is 2. The first-order chi connectivity index (χ1) is 9.81. The van der Waals surface area contributed by atoms with E-state index in [4.69, 9.17) is 0 Å². The summed E-state index contributed by atoms with van der Waals surface area (Å²) in [4.78, 5) is 16.6. The number of imidazole rings is 1. The van der Waals surface area contributed by atoms with Gasteiger partial charge in [0.05, 0.1) is 22.7 Å². The molecule has 0 saturated heterocycles. The lowest BCUT2D eigenvalue weighted by molar-refractivity contribution is 1.27. The Balaban J connectivity index is 2.02. The first-order valence-corrected chi connectivity index (χ1v) is 6.95. The van der Waals surface area contributed by atoms with Crippen LogP contribution in [0.5, 0.6) is 0 Å². The van der Waals surface area contributed by atoms with Crippen LogP contribution in [0.1, 0.15) is 0 Å². The van der Waals surface area contributed by atoms with Gasteiger partial charge in [-0.1, -0.05) is 15.9 Å². The van der Waals surface area contributed by atoms with Crippen molar-refractivity contribution in [3.63, 3.8) is 0 Å². The number of nitrogens with zero attached hydrogens (tertiary/aromatic N) is 3. The second kappa shape index (κ2) is 4.38. The highest BCUT2D eigenvalue weighted by Gasteiger charge is 2.09. The maximum Gasteiger partial charge on any atom is 0.140 e. The van der Waals surface area contributed by atoms with Crippen LogP contribution in [0.4, 0.5) is 0 Å². The van der Waals surface area contributed by atoms with Gasteiger partial charge in [-0.25, -0.2) is 4.98 Å². The summed E-state index contributed by atoms with van der Waals surface area (Å²) in [5, 5.41) is 1.04. The van der Waals surface area contributed by atoms with Crippen LogP contribution in [0.15, 0.2) is 53.4 Å². The number of hydrogen-bond acceptors (Lipinski definition) is 3. The van der Waals surface area contributed by atoms with Gasteiger partial charge in [0.15, 0.2) is 0 Å². The molecular formula is C15H9BrN4. The Kier molecular flexibility index (Phi) is 2.53. The van der Waals surface area contributed by atoms with Gasteiger partial charge in [-0.15, -0.1) is 0 Å². The number of benzene rings is 1. The van der Waals surface area contributed by atoms with Crippen molar-refractivity contribution in [3.05, 3.63) is 53.4 Å². The number of rotatable bonds is 1. The smallest absolute Gasteiger partial charge is 0.140 e. The van der Waals surface area contributed by atoms with Gasteiger partial charge in [-0.05, 0) is 30.3 Å². The predicted octanol–water partition coefficient (Wildman–Crippen LogP) is 3.94. The molecule has 0 atom stereocenters. The molecule has 5 heteroatoms. The molecule has 0 radical (unpaired) electrons. The highest BCUT2D eigenvalue weighted by Crippen LogP contribution is 2.26. The van der Waals surface area contributed by atoms with Crippen molar-refractivity contribution in [2.45, 2.75) is 0 Å². The largest absolute Gasteiger partial charge is 0.337 e. The van der Waals surface area contributed by atoms with E-state index < -0.39 is 0 Å². The van der Waals surface area contributed by atoms with Gasteiger partial charge >= 0.3 is 0 Å². The standard InChI is InChI=1S/C15H9BrN4/c16-10-3-4-11-12(6-10)18-8-13-14(11)20-15(19-13)9-2-1-5-17-7-9/h1-8H,(H,19,20). The Bertz CT molecular complexity index is 915. The molecule has 4 aromatic rings. The third-order valence-corrected chi connectivity index (χ3v) is 3.71. The van der Waals surface area contributed by atoms with Gasteiger partial charge in [0.1, 0.15) is 5.82 Å². The SMILES string of the molecule is Brc1ccc2c(c1)ncc1[nH]c(-c3cccnc3)nc12. The van der Waals surface area contributed by atoms with E-state index in [-0.39, 0.29) is 0 Å². The molecule has 3 aromatic heterocycles. The summed E-state index contributed by atoms with van der Waals surface area (Å²) in [5.41, 5.74) is 3.75. The molecule has 0 bridgehead atoms. The van der Waals surface area contributed by atoms with Crippen molar-refractivity contribution in [2.24, 2.45) is 0 Å². The van der Waals surface area contributed by atoms with Crippen molar-refractivity contribution >= 4 is 37.9 Å². The topological polar surface area (TPSA) is 54.5 Å². The van der Waals surface area contributed by atoms with E-state index >= 15 is 0 Å². The minimum absolute atomic E-state index is 0.810. The fourth-order valence-electron chi connectivity index (χ4n) is 2.27. The molecule has 20 heavy (non-hydrogen) atoms. The van der Waals surface area contributed by atoms with E-state index in [1.807, 2.05) is 36.5 Å². The number of aromatic nitrogens is 4. The van der Waals surface area contributed by atoms with Crippen LogP contribution in [0.25, 0.3) is 33.3 Å². The van der Waals surface area contributed by atoms with E-state index in [1.54, 1.807) is 12.4 Å². The molecule has 0 saturated carbocycles. The summed E-state index contributed by atoms with van der Waals surface area (Å²) in [6, 6.07) is 9.91. The predicted molar refractivity (Wildman–Crippen MR) is 82.3 cm³/mol. The van der Waals surface area contributed by atoms with Crippen molar-refractivity contribution in [3.8, 4) is 11.4 Å². The van der Waals surface area contributed by atoms with Crippen LogP contribution >= 0.6 is 15.9 Å². The Labute approximate surface area is 123 Å².